The van der Waals surface area contributed by atoms with Crippen LogP contribution in [0.5, 0.6) is 11.5 Å². The maximum absolute atomic E-state index is 12.7. The minimum Gasteiger partial charge on any atom is -0.490 e. The number of aliphatic imine (C=N–C) groups is 1. The van der Waals surface area contributed by atoms with Crippen LogP contribution in [0, 0.1) is 12.3 Å². The van der Waals surface area contributed by atoms with Crippen LogP contribution < -0.4 is 9.47 Å². The van der Waals surface area contributed by atoms with Crippen molar-refractivity contribution >= 4 is 51.4 Å². The highest BCUT2D eigenvalue weighted by molar-refractivity contribution is 8.27. The number of fused-ring (bicyclic) bond motifs is 1. The second-order valence-electron chi connectivity index (χ2n) is 7.99. The maximum Gasteiger partial charge on any atom is 0.283 e. The number of carbonyl (C=O) groups is 1. The average Bonchev–Trinajstić information content (AvgIpc) is 3.29. The number of thioether (sulfide) groups is 1. The standard InChI is InChI=1S/C27H21ClN4O3S/c1-17-5-4-6-20(15-17)35-14-13-34-19-11-9-18(10-12-19)16-22-24(29)32-27(30-25(22)33)36-26(31-32)21-7-2-3-8-23(21)28/h2-12,15-16,29H,13-14H2,1H3/b22-16-,29-24?. The zero-order valence-corrected chi connectivity index (χ0v) is 20.8. The minimum absolute atomic E-state index is 0.0341. The lowest BCUT2D eigenvalue weighted by molar-refractivity contribution is -0.114. The number of amides is 1. The van der Waals surface area contributed by atoms with Crippen LogP contribution in [-0.2, 0) is 4.79 Å². The van der Waals surface area contributed by atoms with Crippen LogP contribution in [0.2, 0.25) is 5.02 Å². The van der Waals surface area contributed by atoms with E-state index in [0.29, 0.717) is 34.2 Å². The van der Waals surface area contributed by atoms with Gasteiger partial charge >= 0.3 is 0 Å². The summed E-state index contributed by atoms with van der Waals surface area (Å²) in [4.78, 5) is 16.8. The van der Waals surface area contributed by atoms with E-state index in [1.165, 1.54) is 16.8 Å². The summed E-state index contributed by atoms with van der Waals surface area (Å²) in [6, 6.07) is 22.4. The maximum atomic E-state index is 12.7. The fourth-order valence-electron chi connectivity index (χ4n) is 3.59. The first-order chi connectivity index (χ1) is 17.5. The SMILES string of the molecule is Cc1cccc(OCCOc2ccc(/C=C3/C(=N)N4N=C(c5ccccc5Cl)SC4=NC3=O)cc2)c1. The monoisotopic (exact) mass is 516 g/mol. The number of aryl methyl sites for hydroxylation is 1. The molecule has 3 aromatic carbocycles. The van der Waals surface area contributed by atoms with E-state index in [1.54, 1.807) is 12.1 Å². The van der Waals surface area contributed by atoms with Gasteiger partial charge in [0.05, 0.1) is 10.6 Å². The number of carbonyl (C=O) groups excluding carboxylic acids is 1. The third-order valence-electron chi connectivity index (χ3n) is 5.36. The molecule has 7 nitrogen and oxygen atoms in total. The van der Waals surface area contributed by atoms with Crippen molar-refractivity contribution in [2.75, 3.05) is 13.2 Å². The van der Waals surface area contributed by atoms with Crippen LogP contribution in [0.15, 0.2) is 88.5 Å². The molecule has 0 radical (unpaired) electrons. The van der Waals surface area contributed by atoms with Gasteiger partial charge in [-0.25, -0.2) is 0 Å². The van der Waals surface area contributed by atoms with Crippen LogP contribution in [0.4, 0.5) is 0 Å². The molecule has 0 saturated heterocycles. The number of benzene rings is 3. The number of hydrazone groups is 1. The third-order valence-corrected chi connectivity index (χ3v) is 6.63. The molecule has 1 N–H and O–H groups in total. The van der Waals surface area contributed by atoms with Gasteiger partial charge in [0.1, 0.15) is 29.8 Å². The Labute approximate surface area is 217 Å². The van der Waals surface area contributed by atoms with Crippen LogP contribution in [0.1, 0.15) is 16.7 Å². The van der Waals surface area contributed by atoms with Gasteiger partial charge in [-0.05, 0) is 66.2 Å². The molecule has 0 atom stereocenters. The second kappa shape index (κ2) is 10.4. The lowest BCUT2D eigenvalue weighted by atomic mass is 10.1. The average molecular weight is 517 g/mol. The predicted octanol–water partition coefficient (Wildman–Crippen LogP) is 5.77. The first-order valence-corrected chi connectivity index (χ1v) is 12.3. The predicted molar refractivity (Wildman–Crippen MR) is 144 cm³/mol. The molecule has 0 spiro atoms. The normalized spacial score (nSPS) is 16.1. The molecule has 0 aliphatic carbocycles. The molecule has 2 aliphatic heterocycles. The molecule has 36 heavy (non-hydrogen) atoms. The van der Waals surface area contributed by atoms with Gasteiger partial charge in [-0.2, -0.15) is 15.1 Å². The van der Waals surface area contributed by atoms with E-state index >= 15 is 0 Å². The Morgan fingerprint density at radius 1 is 1.00 bits per heavy atom. The summed E-state index contributed by atoms with van der Waals surface area (Å²) >= 11 is 7.50. The number of hydrogen-bond acceptors (Lipinski definition) is 6. The summed E-state index contributed by atoms with van der Waals surface area (Å²) in [5.74, 6) is 0.974. The van der Waals surface area contributed by atoms with Crippen molar-refractivity contribution < 1.29 is 14.3 Å². The Bertz CT molecular complexity index is 1430. The van der Waals surface area contributed by atoms with Crippen molar-refractivity contribution in [3.05, 3.63) is 100 Å². The Morgan fingerprint density at radius 2 is 1.75 bits per heavy atom. The van der Waals surface area contributed by atoms with Gasteiger partial charge in [-0.3, -0.25) is 10.2 Å². The summed E-state index contributed by atoms with van der Waals surface area (Å²) in [5, 5.41) is 15.9. The lowest BCUT2D eigenvalue weighted by Gasteiger charge is -2.20. The van der Waals surface area contributed by atoms with Crippen molar-refractivity contribution in [3.8, 4) is 11.5 Å². The minimum atomic E-state index is -0.483. The first kappa shape index (κ1) is 23.8. The molecule has 180 valence electrons. The fourth-order valence-corrected chi connectivity index (χ4v) is 4.80. The van der Waals surface area contributed by atoms with Crippen LogP contribution in [-0.4, -0.2) is 40.2 Å². The molecular weight excluding hydrogens is 496 g/mol. The first-order valence-electron chi connectivity index (χ1n) is 11.2. The van der Waals surface area contributed by atoms with Gasteiger partial charge in [-0.1, -0.05) is 54.1 Å². The molecule has 0 unspecified atom stereocenters. The quantitative estimate of drug-likeness (QED) is 0.318. The number of halogens is 1. The van der Waals surface area contributed by atoms with E-state index < -0.39 is 5.91 Å². The van der Waals surface area contributed by atoms with E-state index in [-0.39, 0.29) is 11.4 Å². The molecular formula is C27H21ClN4O3S. The summed E-state index contributed by atoms with van der Waals surface area (Å²) in [6.45, 7) is 2.84. The van der Waals surface area contributed by atoms with Crippen LogP contribution >= 0.6 is 23.4 Å². The van der Waals surface area contributed by atoms with Gasteiger partial charge in [-0.15, -0.1) is 0 Å². The molecule has 1 amide bonds. The van der Waals surface area contributed by atoms with Gasteiger partial charge in [0, 0.05) is 5.56 Å². The second-order valence-corrected chi connectivity index (χ2v) is 9.35. The molecule has 0 saturated carbocycles. The summed E-state index contributed by atoms with van der Waals surface area (Å²) in [6.07, 6.45) is 1.63. The molecule has 2 aliphatic rings. The molecule has 5 rings (SSSR count). The Morgan fingerprint density at radius 3 is 2.50 bits per heavy atom. The number of ether oxygens (including phenoxy) is 2. The number of hydrogen-bond donors (Lipinski definition) is 1. The molecule has 0 aromatic heterocycles. The van der Waals surface area contributed by atoms with E-state index in [4.69, 9.17) is 26.5 Å². The molecule has 2 heterocycles. The van der Waals surface area contributed by atoms with Gasteiger partial charge < -0.3 is 9.47 Å². The van der Waals surface area contributed by atoms with Gasteiger partial charge in [0.25, 0.3) is 5.91 Å². The fraction of sp³-hybridized carbons (Fsp3) is 0.111. The number of rotatable bonds is 7. The highest BCUT2D eigenvalue weighted by atomic mass is 35.5. The van der Waals surface area contributed by atoms with E-state index in [0.717, 1.165) is 22.4 Å². The van der Waals surface area contributed by atoms with Crippen LogP contribution in [0.3, 0.4) is 0 Å². The molecule has 9 heteroatoms. The Kier molecular flexibility index (Phi) is 6.88. The molecule has 0 fully saturated rings. The largest absolute Gasteiger partial charge is 0.490 e. The number of nitrogens with zero attached hydrogens (tertiary/aromatic N) is 3. The highest BCUT2D eigenvalue weighted by Crippen LogP contribution is 2.33. The Hall–Kier alpha value is -3.88. The zero-order chi connectivity index (χ0) is 25.1. The van der Waals surface area contributed by atoms with Gasteiger partial charge in [0.15, 0.2) is 5.84 Å². The Balaban J connectivity index is 1.23. The van der Waals surface area contributed by atoms with E-state index in [2.05, 4.69) is 10.1 Å². The number of amidine groups is 2. The topological polar surface area (TPSA) is 87.3 Å². The van der Waals surface area contributed by atoms with Crippen molar-refractivity contribution in [1.29, 1.82) is 5.41 Å². The number of nitrogens with one attached hydrogen (secondary N) is 1. The van der Waals surface area contributed by atoms with Gasteiger partial charge in [0.2, 0.25) is 5.17 Å². The highest BCUT2D eigenvalue weighted by Gasteiger charge is 2.36. The summed E-state index contributed by atoms with van der Waals surface area (Å²) in [5.41, 5.74) is 2.77. The lowest BCUT2D eigenvalue weighted by Crippen LogP contribution is -2.35. The van der Waals surface area contributed by atoms with Crippen molar-refractivity contribution in [1.82, 2.24) is 5.01 Å². The van der Waals surface area contributed by atoms with Crippen molar-refractivity contribution in [2.45, 2.75) is 6.92 Å². The zero-order valence-electron chi connectivity index (χ0n) is 19.3. The van der Waals surface area contributed by atoms with Crippen LogP contribution in [0.25, 0.3) is 6.08 Å². The molecule has 0 bridgehead atoms. The summed E-state index contributed by atoms with van der Waals surface area (Å²) < 4.78 is 11.5. The smallest absolute Gasteiger partial charge is 0.283 e. The summed E-state index contributed by atoms with van der Waals surface area (Å²) in [7, 11) is 0. The third kappa shape index (κ3) is 5.19. The van der Waals surface area contributed by atoms with E-state index in [1.807, 2.05) is 73.7 Å². The van der Waals surface area contributed by atoms with Crippen molar-refractivity contribution in [2.24, 2.45) is 10.1 Å². The van der Waals surface area contributed by atoms with Crippen molar-refractivity contribution in [3.63, 3.8) is 0 Å². The van der Waals surface area contributed by atoms with E-state index in [9.17, 15) is 4.79 Å². The molecule has 3 aromatic rings.